The Hall–Kier alpha value is -3.32. The summed E-state index contributed by atoms with van der Waals surface area (Å²) in [5, 5.41) is 0. The van der Waals surface area contributed by atoms with E-state index in [4.69, 9.17) is 4.74 Å². The number of hydrogen-bond acceptors (Lipinski definition) is 6. The molecule has 1 amide bonds. The first-order chi connectivity index (χ1) is 18.5. The molecule has 0 N–H and O–H groups in total. The van der Waals surface area contributed by atoms with Crippen molar-refractivity contribution in [1.82, 2.24) is 24.8 Å². The van der Waals surface area contributed by atoms with Crippen molar-refractivity contribution in [2.24, 2.45) is 5.41 Å². The van der Waals surface area contributed by atoms with Crippen LogP contribution in [0.1, 0.15) is 65.1 Å². The number of hydrogen-bond donors (Lipinski definition) is 0. The van der Waals surface area contributed by atoms with Crippen molar-refractivity contribution in [3.05, 3.63) is 83.2 Å². The molecule has 4 heterocycles. The highest BCUT2D eigenvalue weighted by molar-refractivity contribution is 5.95. The number of rotatable bonds is 3. The lowest BCUT2D eigenvalue weighted by Gasteiger charge is -2.45. The number of nitrogens with zero attached hydrogens (tertiary/aromatic N) is 5. The van der Waals surface area contributed by atoms with Crippen LogP contribution in [0.4, 0.5) is 0 Å². The van der Waals surface area contributed by atoms with E-state index in [1.807, 2.05) is 37.2 Å². The second-order valence-electron chi connectivity index (χ2n) is 10.9. The van der Waals surface area contributed by atoms with Crippen LogP contribution in [0.2, 0.25) is 0 Å². The number of para-hydroxylation sites is 1. The smallest absolute Gasteiger partial charge is 0.257 e. The first-order valence-corrected chi connectivity index (χ1v) is 13.9. The molecular weight excluding hydrogens is 474 g/mol. The molecule has 5 rings (SSSR count). The zero-order chi connectivity index (χ0) is 26.4. The van der Waals surface area contributed by atoms with Gasteiger partial charge >= 0.3 is 0 Å². The minimum absolute atomic E-state index is 0.0581. The third kappa shape index (κ3) is 6.38. The summed E-state index contributed by atoms with van der Waals surface area (Å²) in [6.45, 7) is 8.66. The van der Waals surface area contributed by atoms with Gasteiger partial charge in [0.1, 0.15) is 18.2 Å². The van der Waals surface area contributed by atoms with Crippen molar-refractivity contribution >= 4 is 5.91 Å². The first kappa shape index (κ1) is 26.3. The maximum absolute atomic E-state index is 13.3. The lowest BCUT2D eigenvalue weighted by atomic mass is 9.73. The molecule has 1 spiro atoms. The number of amides is 1. The molecule has 2 aliphatic heterocycles. The van der Waals surface area contributed by atoms with Crippen LogP contribution in [-0.4, -0.2) is 63.4 Å². The highest BCUT2D eigenvalue weighted by Gasteiger charge is 2.37. The van der Waals surface area contributed by atoms with E-state index in [1.54, 1.807) is 6.20 Å². The fourth-order valence-electron chi connectivity index (χ4n) is 6.02. The van der Waals surface area contributed by atoms with Crippen LogP contribution in [0, 0.1) is 19.3 Å². The summed E-state index contributed by atoms with van der Waals surface area (Å²) in [6, 6.07) is 12.6. The number of pyridine rings is 1. The lowest BCUT2D eigenvalue weighted by Crippen LogP contribution is -2.48. The highest BCUT2D eigenvalue weighted by Crippen LogP contribution is 2.39. The quantitative estimate of drug-likeness (QED) is 0.490. The Kier molecular flexibility index (Phi) is 8.32. The second kappa shape index (κ2) is 12.0. The zero-order valence-electron chi connectivity index (χ0n) is 22.7. The molecule has 1 fully saturated rings. The van der Waals surface area contributed by atoms with Crippen molar-refractivity contribution in [3.63, 3.8) is 0 Å². The average Bonchev–Trinajstić information content (AvgIpc) is 2.92. The van der Waals surface area contributed by atoms with Crippen LogP contribution < -0.4 is 4.74 Å². The van der Waals surface area contributed by atoms with E-state index >= 15 is 0 Å². The van der Waals surface area contributed by atoms with E-state index in [9.17, 15) is 4.79 Å². The van der Waals surface area contributed by atoms with Crippen molar-refractivity contribution in [2.75, 3.05) is 32.8 Å². The van der Waals surface area contributed by atoms with Gasteiger partial charge in [-0.3, -0.25) is 14.7 Å². The van der Waals surface area contributed by atoms with Gasteiger partial charge in [-0.1, -0.05) is 30.7 Å². The van der Waals surface area contributed by atoms with E-state index < -0.39 is 0 Å². The Labute approximate surface area is 226 Å². The number of aryl methyl sites for hydroxylation is 3. The van der Waals surface area contributed by atoms with Crippen molar-refractivity contribution in [1.29, 1.82) is 0 Å². The van der Waals surface area contributed by atoms with Crippen LogP contribution in [0.3, 0.4) is 0 Å². The SMILES string of the molecule is Cc1ncc(C(=O)N2CCC3(CCCCc4ccccc4OCCN(Cc4cccnc4)C3)CC2)c(C)n1. The van der Waals surface area contributed by atoms with Crippen LogP contribution in [0.25, 0.3) is 0 Å². The molecule has 0 unspecified atom stereocenters. The fraction of sp³-hybridized carbons (Fsp3) is 0.484. The Morgan fingerprint density at radius 1 is 1.00 bits per heavy atom. The van der Waals surface area contributed by atoms with Crippen LogP contribution >= 0.6 is 0 Å². The number of piperidine rings is 1. The molecule has 7 heteroatoms. The summed E-state index contributed by atoms with van der Waals surface area (Å²) in [5.74, 6) is 1.78. The van der Waals surface area contributed by atoms with E-state index in [2.05, 4.69) is 50.2 Å². The van der Waals surface area contributed by atoms with Gasteiger partial charge in [0.05, 0.1) is 11.3 Å². The molecule has 200 valence electrons. The molecule has 7 nitrogen and oxygen atoms in total. The minimum Gasteiger partial charge on any atom is -0.492 e. The number of ether oxygens (including phenoxy) is 1. The topological polar surface area (TPSA) is 71.5 Å². The summed E-state index contributed by atoms with van der Waals surface area (Å²) < 4.78 is 6.30. The molecule has 0 atom stereocenters. The molecular formula is C31H39N5O2. The summed E-state index contributed by atoms with van der Waals surface area (Å²) in [7, 11) is 0. The Balaban J connectivity index is 1.33. The van der Waals surface area contributed by atoms with Gasteiger partial charge in [0.25, 0.3) is 5.91 Å². The van der Waals surface area contributed by atoms with E-state index in [1.165, 1.54) is 24.0 Å². The number of likely N-dealkylation sites (tertiary alicyclic amines) is 1. The van der Waals surface area contributed by atoms with Crippen LogP contribution in [0.15, 0.2) is 55.0 Å². The molecule has 38 heavy (non-hydrogen) atoms. The third-order valence-electron chi connectivity index (χ3n) is 8.17. The molecule has 0 aliphatic carbocycles. The van der Waals surface area contributed by atoms with Crippen molar-refractivity contribution in [2.45, 2.75) is 58.9 Å². The molecule has 0 radical (unpaired) electrons. The van der Waals surface area contributed by atoms with E-state index in [-0.39, 0.29) is 11.3 Å². The molecule has 0 saturated carbocycles. The molecule has 2 aliphatic rings. The predicted molar refractivity (Wildman–Crippen MR) is 148 cm³/mol. The van der Waals surface area contributed by atoms with Crippen molar-refractivity contribution < 1.29 is 9.53 Å². The highest BCUT2D eigenvalue weighted by atomic mass is 16.5. The first-order valence-electron chi connectivity index (χ1n) is 13.9. The Morgan fingerprint density at radius 2 is 1.84 bits per heavy atom. The zero-order valence-corrected chi connectivity index (χ0v) is 22.7. The fourth-order valence-corrected chi connectivity index (χ4v) is 6.02. The summed E-state index contributed by atoms with van der Waals surface area (Å²) in [6.07, 6.45) is 12.0. The Morgan fingerprint density at radius 3 is 2.63 bits per heavy atom. The van der Waals surface area contributed by atoms with Gasteiger partial charge in [0.2, 0.25) is 0 Å². The van der Waals surface area contributed by atoms with Gasteiger partial charge < -0.3 is 9.64 Å². The van der Waals surface area contributed by atoms with Crippen LogP contribution in [-0.2, 0) is 13.0 Å². The summed E-state index contributed by atoms with van der Waals surface area (Å²) in [4.78, 5) is 30.9. The number of aromatic nitrogens is 3. The summed E-state index contributed by atoms with van der Waals surface area (Å²) in [5.41, 5.74) is 4.09. The number of benzene rings is 1. The van der Waals surface area contributed by atoms with Gasteiger partial charge in [-0.05, 0) is 74.6 Å². The van der Waals surface area contributed by atoms with E-state index in [0.29, 0.717) is 18.0 Å². The van der Waals surface area contributed by atoms with Gasteiger partial charge in [0.15, 0.2) is 0 Å². The lowest BCUT2D eigenvalue weighted by molar-refractivity contribution is 0.0360. The number of carbonyl (C=O) groups is 1. The average molecular weight is 514 g/mol. The standard InChI is InChI=1S/C31H39N5O2/c1-24-28(21-33-25(2)34-24)30(37)36-16-13-31(14-17-36)12-6-5-10-27-9-3-4-11-29(27)38-19-18-35(23-31)22-26-8-7-15-32-20-26/h3-4,7-9,11,15,20-21H,5-6,10,12-14,16-19,22-23H2,1-2H3. The van der Waals surface area contributed by atoms with Crippen molar-refractivity contribution in [3.8, 4) is 5.75 Å². The van der Waals surface area contributed by atoms with Gasteiger partial charge in [0, 0.05) is 51.3 Å². The molecule has 0 bridgehead atoms. The van der Waals surface area contributed by atoms with Gasteiger partial charge in [-0.2, -0.15) is 0 Å². The monoisotopic (exact) mass is 513 g/mol. The number of carbonyl (C=O) groups excluding carboxylic acids is 1. The largest absolute Gasteiger partial charge is 0.492 e. The normalized spacial score (nSPS) is 18.6. The molecule has 2 aromatic heterocycles. The van der Waals surface area contributed by atoms with Gasteiger partial charge in [-0.15, -0.1) is 0 Å². The van der Waals surface area contributed by atoms with Gasteiger partial charge in [-0.25, -0.2) is 9.97 Å². The third-order valence-corrected chi connectivity index (χ3v) is 8.17. The minimum atomic E-state index is 0.0581. The molecule has 1 aromatic carbocycles. The second-order valence-corrected chi connectivity index (χ2v) is 10.9. The van der Waals surface area contributed by atoms with Crippen LogP contribution in [0.5, 0.6) is 5.75 Å². The molecule has 1 saturated heterocycles. The maximum atomic E-state index is 13.3. The summed E-state index contributed by atoms with van der Waals surface area (Å²) >= 11 is 0. The van der Waals surface area contributed by atoms with E-state index in [0.717, 1.165) is 69.9 Å². The Bertz CT molecular complexity index is 1220. The molecule has 3 aromatic rings. The maximum Gasteiger partial charge on any atom is 0.257 e. The number of fused-ring (bicyclic) bond motifs is 1. The predicted octanol–water partition coefficient (Wildman–Crippen LogP) is 5.02.